The molecule has 0 spiro atoms. The van der Waals surface area contributed by atoms with Crippen LogP contribution in [0.4, 0.5) is 0 Å². The number of fused-ring (bicyclic) bond motifs is 5. The van der Waals surface area contributed by atoms with Gasteiger partial charge in [0.25, 0.3) is 0 Å². The standard InChI is InChI=1S/C31H28BN3/c1-17-12-23-14-20(4)29-30-28(23)27(13-17)35-26-16-19(3)18(2)15-25(26)33-31(35)34(30)22(6)21(5)32(29)24-10-8-7-9-11-24/h7-16H,1-6H3. The highest BCUT2D eigenvalue weighted by molar-refractivity contribution is 6.93. The first-order valence-electron chi connectivity index (χ1n) is 12.5. The van der Waals surface area contributed by atoms with Gasteiger partial charge in [0.1, 0.15) is 0 Å². The van der Waals surface area contributed by atoms with E-state index in [9.17, 15) is 0 Å². The fourth-order valence-electron chi connectivity index (χ4n) is 6.36. The molecule has 0 fully saturated rings. The van der Waals surface area contributed by atoms with Crippen LogP contribution in [0.25, 0.3) is 44.3 Å². The Bertz CT molecular complexity index is 1900. The molecule has 4 heteroatoms. The Morgan fingerprint density at radius 3 is 2.26 bits per heavy atom. The number of nitrogens with zero attached hydrogens (tertiary/aromatic N) is 3. The molecular formula is C31H28BN3. The summed E-state index contributed by atoms with van der Waals surface area (Å²) in [6, 6.07) is 22.6. The Kier molecular flexibility index (Phi) is 4.05. The summed E-state index contributed by atoms with van der Waals surface area (Å²) >= 11 is 0. The molecule has 0 radical (unpaired) electrons. The van der Waals surface area contributed by atoms with E-state index in [-0.39, 0.29) is 6.71 Å². The van der Waals surface area contributed by atoms with Crippen LogP contribution in [0.5, 0.6) is 0 Å². The third-order valence-electron chi connectivity index (χ3n) is 8.26. The van der Waals surface area contributed by atoms with Gasteiger partial charge in [0.2, 0.25) is 12.5 Å². The van der Waals surface area contributed by atoms with E-state index in [1.807, 2.05) is 0 Å². The van der Waals surface area contributed by atoms with Gasteiger partial charge < -0.3 is 0 Å². The van der Waals surface area contributed by atoms with Crippen LogP contribution in [0, 0.1) is 27.7 Å². The fraction of sp³-hybridized carbons (Fsp3) is 0.194. The van der Waals surface area contributed by atoms with Gasteiger partial charge in [-0.15, -0.1) is 0 Å². The number of hydrogen-bond acceptors (Lipinski definition) is 1. The van der Waals surface area contributed by atoms with E-state index >= 15 is 0 Å². The van der Waals surface area contributed by atoms with Crippen molar-refractivity contribution in [3.63, 3.8) is 0 Å². The second-order valence-electron chi connectivity index (χ2n) is 10.5. The van der Waals surface area contributed by atoms with Crippen LogP contribution in [0.3, 0.4) is 0 Å². The van der Waals surface area contributed by atoms with E-state index in [1.54, 1.807) is 0 Å². The second kappa shape index (κ2) is 6.88. The van der Waals surface area contributed by atoms with Crippen LogP contribution in [0.2, 0.25) is 0 Å². The Labute approximate surface area is 205 Å². The molecule has 0 saturated carbocycles. The summed E-state index contributed by atoms with van der Waals surface area (Å²) in [5.41, 5.74) is 15.4. The van der Waals surface area contributed by atoms with Crippen LogP contribution in [0.15, 0.2) is 66.1 Å². The van der Waals surface area contributed by atoms with Crippen LogP contribution < -0.4 is 10.9 Å². The summed E-state index contributed by atoms with van der Waals surface area (Å²) < 4.78 is 4.83. The lowest BCUT2D eigenvalue weighted by Gasteiger charge is -2.31. The lowest BCUT2D eigenvalue weighted by Crippen LogP contribution is -2.48. The highest BCUT2D eigenvalue weighted by atomic mass is 15.2. The molecule has 2 aromatic heterocycles. The molecule has 6 aromatic rings. The number of aromatic nitrogens is 3. The molecule has 0 bridgehead atoms. The maximum atomic E-state index is 5.27. The Morgan fingerprint density at radius 1 is 0.743 bits per heavy atom. The minimum Gasteiger partial charge on any atom is -0.285 e. The van der Waals surface area contributed by atoms with Crippen molar-refractivity contribution < 1.29 is 0 Å². The number of allylic oxidation sites excluding steroid dienone is 2. The summed E-state index contributed by atoms with van der Waals surface area (Å²) in [7, 11) is 0. The summed E-state index contributed by atoms with van der Waals surface area (Å²) in [5, 5.41) is 2.63. The van der Waals surface area contributed by atoms with Crippen LogP contribution >= 0.6 is 0 Å². The van der Waals surface area contributed by atoms with Crippen LogP contribution in [-0.2, 0) is 0 Å². The lowest BCUT2D eigenvalue weighted by atomic mass is 9.34. The van der Waals surface area contributed by atoms with Gasteiger partial charge in [0, 0.05) is 11.1 Å². The zero-order chi connectivity index (χ0) is 24.2. The first-order valence-corrected chi connectivity index (χ1v) is 12.5. The first-order chi connectivity index (χ1) is 16.8. The fourth-order valence-corrected chi connectivity index (χ4v) is 6.36. The van der Waals surface area contributed by atoms with E-state index in [0.29, 0.717) is 0 Å². The van der Waals surface area contributed by atoms with Gasteiger partial charge in [-0.25, -0.2) is 4.98 Å². The highest BCUT2D eigenvalue weighted by Crippen LogP contribution is 2.37. The molecule has 3 nitrogen and oxygen atoms in total. The Balaban J connectivity index is 1.79. The lowest BCUT2D eigenvalue weighted by molar-refractivity contribution is 1.06. The molecule has 0 unspecified atom stereocenters. The number of hydrogen-bond donors (Lipinski definition) is 0. The van der Waals surface area contributed by atoms with Gasteiger partial charge in [-0.3, -0.25) is 8.97 Å². The van der Waals surface area contributed by atoms with E-state index < -0.39 is 0 Å². The van der Waals surface area contributed by atoms with Crippen LogP contribution in [0.1, 0.15) is 36.1 Å². The van der Waals surface area contributed by atoms with Gasteiger partial charge in [-0.2, -0.15) is 0 Å². The summed E-state index contributed by atoms with van der Waals surface area (Å²) in [4.78, 5) is 5.27. The average molecular weight is 453 g/mol. The smallest absolute Gasteiger partial charge is 0.241 e. The van der Waals surface area contributed by atoms with Crippen molar-refractivity contribution in [1.29, 1.82) is 0 Å². The third kappa shape index (κ3) is 2.60. The molecule has 0 saturated heterocycles. The number of rotatable bonds is 1. The minimum atomic E-state index is 0.237. The molecule has 0 aliphatic carbocycles. The minimum absolute atomic E-state index is 0.237. The number of aryl methyl sites for hydroxylation is 4. The van der Waals surface area contributed by atoms with Crippen molar-refractivity contribution in [3.05, 3.63) is 88.4 Å². The van der Waals surface area contributed by atoms with E-state index in [2.05, 4.69) is 111 Å². The zero-order valence-electron chi connectivity index (χ0n) is 21.2. The molecule has 0 amide bonds. The molecule has 0 N–H and O–H groups in total. The van der Waals surface area contributed by atoms with Crippen LogP contribution in [-0.4, -0.2) is 20.7 Å². The first kappa shape index (κ1) is 20.6. The number of benzene rings is 4. The molecule has 3 heterocycles. The molecule has 7 rings (SSSR count). The molecule has 4 aromatic carbocycles. The average Bonchev–Trinajstić information content (AvgIpc) is 3.18. The molecule has 0 atom stereocenters. The Hall–Kier alpha value is -3.79. The van der Waals surface area contributed by atoms with Gasteiger partial charge >= 0.3 is 0 Å². The maximum absolute atomic E-state index is 5.27. The molecule has 35 heavy (non-hydrogen) atoms. The van der Waals surface area contributed by atoms with Crippen molar-refractivity contribution >= 4 is 62.0 Å². The third-order valence-corrected chi connectivity index (χ3v) is 8.26. The van der Waals surface area contributed by atoms with E-state index in [1.165, 1.54) is 71.7 Å². The van der Waals surface area contributed by atoms with Gasteiger partial charge in [-0.05, 0) is 87.3 Å². The predicted molar refractivity (Wildman–Crippen MR) is 151 cm³/mol. The molecule has 170 valence electrons. The van der Waals surface area contributed by atoms with Crippen molar-refractivity contribution in [3.8, 4) is 0 Å². The molecule has 1 aliphatic rings. The van der Waals surface area contributed by atoms with Gasteiger partial charge in [0.05, 0.1) is 22.1 Å². The predicted octanol–water partition coefficient (Wildman–Crippen LogP) is 6.24. The van der Waals surface area contributed by atoms with Gasteiger partial charge in [0.15, 0.2) is 0 Å². The highest BCUT2D eigenvalue weighted by Gasteiger charge is 2.34. The molecular weight excluding hydrogens is 425 g/mol. The summed E-state index contributed by atoms with van der Waals surface area (Å²) in [6.07, 6.45) is 0. The van der Waals surface area contributed by atoms with Crippen molar-refractivity contribution in [2.75, 3.05) is 0 Å². The summed E-state index contributed by atoms with van der Waals surface area (Å²) in [6.45, 7) is 13.6. The SMILES string of the molecule is CC1=C(C)n2c3c(c(C)cc4cc(C)cc(c43)n3c4cc(C)c(C)cc4nc23)B1c1ccccc1. The van der Waals surface area contributed by atoms with E-state index in [4.69, 9.17) is 4.98 Å². The largest absolute Gasteiger partial charge is 0.285 e. The van der Waals surface area contributed by atoms with Gasteiger partial charge in [-0.1, -0.05) is 59.0 Å². The quantitative estimate of drug-likeness (QED) is 0.270. The monoisotopic (exact) mass is 453 g/mol. The molecule has 1 aliphatic heterocycles. The second-order valence-corrected chi connectivity index (χ2v) is 10.5. The topological polar surface area (TPSA) is 22.2 Å². The van der Waals surface area contributed by atoms with Crippen molar-refractivity contribution in [1.82, 2.24) is 14.0 Å². The van der Waals surface area contributed by atoms with Crippen molar-refractivity contribution in [2.24, 2.45) is 0 Å². The normalized spacial score (nSPS) is 13.8. The Morgan fingerprint density at radius 2 is 1.49 bits per heavy atom. The number of imidazole rings is 1. The van der Waals surface area contributed by atoms with E-state index in [0.717, 1.165) is 11.3 Å². The summed E-state index contributed by atoms with van der Waals surface area (Å²) in [5.74, 6) is 1.000. The maximum Gasteiger partial charge on any atom is 0.241 e. The zero-order valence-corrected chi connectivity index (χ0v) is 21.2. The van der Waals surface area contributed by atoms with Crippen molar-refractivity contribution in [2.45, 2.75) is 41.5 Å².